The van der Waals surface area contributed by atoms with Crippen LogP contribution in [0.2, 0.25) is 0 Å². The predicted octanol–water partition coefficient (Wildman–Crippen LogP) is 2.55. The maximum atomic E-state index is 12.2. The van der Waals surface area contributed by atoms with Crippen molar-refractivity contribution >= 4 is 5.91 Å². The molecule has 2 unspecified atom stereocenters. The van der Waals surface area contributed by atoms with E-state index in [2.05, 4.69) is 30.5 Å². The van der Waals surface area contributed by atoms with E-state index >= 15 is 0 Å². The second-order valence-electron chi connectivity index (χ2n) is 6.66. The molecule has 1 amide bonds. The van der Waals surface area contributed by atoms with Crippen LogP contribution in [0.4, 0.5) is 0 Å². The predicted molar refractivity (Wildman–Crippen MR) is 82.3 cm³/mol. The number of hydrogen-bond acceptors (Lipinski definition) is 3. The number of amides is 1. The summed E-state index contributed by atoms with van der Waals surface area (Å²) >= 11 is 0. The largest absolute Gasteiger partial charge is 0.487 e. The fourth-order valence-corrected chi connectivity index (χ4v) is 3.29. The standard InChI is InChI=1S/C17H24N2O2/c1-17(2)11-14(12-7-3-4-9-15(12)21-17)19-13-8-5-6-10-18-16(13)20/h3-4,7,9,13-14,19H,5-6,8,10-11H2,1-2H3,(H,18,20). The highest BCUT2D eigenvalue weighted by Gasteiger charge is 2.35. The summed E-state index contributed by atoms with van der Waals surface area (Å²) in [7, 11) is 0. The summed E-state index contributed by atoms with van der Waals surface area (Å²) in [4.78, 5) is 12.2. The van der Waals surface area contributed by atoms with Crippen LogP contribution in [0.25, 0.3) is 0 Å². The van der Waals surface area contributed by atoms with Crippen LogP contribution in [0.3, 0.4) is 0 Å². The Kier molecular flexibility index (Phi) is 3.89. The van der Waals surface area contributed by atoms with Gasteiger partial charge in [-0.1, -0.05) is 18.2 Å². The molecule has 1 aromatic rings. The minimum absolute atomic E-state index is 0.0977. The molecule has 2 aliphatic rings. The van der Waals surface area contributed by atoms with Crippen LogP contribution in [0.15, 0.2) is 24.3 Å². The fraction of sp³-hybridized carbons (Fsp3) is 0.588. The van der Waals surface area contributed by atoms with Crippen molar-refractivity contribution < 1.29 is 9.53 Å². The lowest BCUT2D eigenvalue weighted by atomic mass is 9.89. The minimum atomic E-state index is -0.215. The number of rotatable bonds is 2. The zero-order valence-electron chi connectivity index (χ0n) is 12.8. The number of para-hydroxylation sites is 1. The van der Waals surface area contributed by atoms with E-state index in [1.165, 1.54) is 0 Å². The van der Waals surface area contributed by atoms with Gasteiger partial charge in [0.05, 0.1) is 6.04 Å². The Morgan fingerprint density at radius 3 is 2.90 bits per heavy atom. The molecule has 114 valence electrons. The molecule has 4 nitrogen and oxygen atoms in total. The summed E-state index contributed by atoms with van der Waals surface area (Å²) in [5.74, 6) is 1.06. The van der Waals surface area contributed by atoms with Crippen molar-refractivity contribution in [3.63, 3.8) is 0 Å². The van der Waals surface area contributed by atoms with Crippen LogP contribution < -0.4 is 15.4 Å². The molecular weight excluding hydrogens is 264 g/mol. The summed E-state index contributed by atoms with van der Waals surface area (Å²) in [6.07, 6.45) is 3.93. The monoisotopic (exact) mass is 288 g/mol. The number of fused-ring (bicyclic) bond motifs is 1. The second-order valence-corrected chi connectivity index (χ2v) is 6.66. The molecule has 1 saturated heterocycles. The van der Waals surface area contributed by atoms with Crippen molar-refractivity contribution in [1.82, 2.24) is 10.6 Å². The molecule has 3 rings (SSSR count). The first-order valence-corrected chi connectivity index (χ1v) is 7.87. The molecule has 0 aromatic heterocycles. The van der Waals surface area contributed by atoms with Gasteiger partial charge in [0.2, 0.25) is 5.91 Å². The number of carbonyl (C=O) groups is 1. The third-order valence-corrected chi connectivity index (χ3v) is 4.31. The highest BCUT2D eigenvalue weighted by molar-refractivity contribution is 5.82. The Hall–Kier alpha value is -1.55. The zero-order valence-corrected chi connectivity index (χ0v) is 12.8. The van der Waals surface area contributed by atoms with Gasteiger partial charge in [-0.2, -0.15) is 0 Å². The topological polar surface area (TPSA) is 50.4 Å². The number of hydrogen-bond donors (Lipinski definition) is 2. The molecule has 0 aliphatic carbocycles. The van der Waals surface area contributed by atoms with Gasteiger partial charge in [0, 0.05) is 24.6 Å². The van der Waals surface area contributed by atoms with Gasteiger partial charge in [0.15, 0.2) is 0 Å². The number of carbonyl (C=O) groups excluding carboxylic acids is 1. The fourth-order valence-electron chi connectivity index (χ4n) is 3.29. The lowest BCUT2D eigenvalue weighted by molar-refractivity contribution is -0.123. The van der Waals surface area contributed by atoms with Crippen molar-refractivity contribution in [2.24, 2.45) is 0 Å². The van der Waals surface area contributed by atoms with Crippen molar-refractivity contribution in [2.45, 2.75) is 57.2 Å². The van der Waals surface area contributed by atoms with Gasteiger partial charge in [-0.3, -0.25) is 10.1 Å². The van der Waals surface area contributed by atoms with Crippen LogP contribution in [-0.2, 0) is 4.79 Å². The van der Waals surface area contributed by atoms with Gasteiger partial charge in [0.1, 0.15) is 11.4 Å². The Bertz CT molecular complexity index is 527. The van der Waals surface area contributed by atoms with E-state index in [1.54, 1.807) is 0 Å². The van der Waals surface area contributed by atoms with Crippen LogP contribution in [0.5, 0.6) is 5.75 Å². The average molecular weight is 288 g/mol. The Balaban J connectivity index is 1.82. The first-order chi connectivity index (χ1) is 10.1. The van der Waals surface area contributed by atoms with Crippen molar-refractivity contribution in [1.29, 1.82) is 0 Å². The number of benzene rings is 1. The summed E-state index contributed by atoms with van der Waals surface area (Å²) in [5.41, 5.74) is 0.946. The molecule has 2 heterocycles. The first-order valence-electron chi connectivity index (χ1n) is 7.87. The van der Waals surface area contributed by atoms with E-state index in [4.69, 9.17) is 4.74 Å². The molecular formula is C17H24N2O2. The van der Waals surface area contributed by atoms with Crippen LogP contribution in [0.1, 0.15) is 51.1 Å². The number of ether oxygens (including phenoxy) is 1. The van der Waals surface area contributed by atoms with Crippen molar-refractivity contribution in [2.75, 3.05) is 6.54 Å². The van der Waals surface area contributed by atoms with Gasteiger partial charge < -0.3 is 10.1 Å². The Morgan fingerprint density at radius 2 is 2.05 bits per heavy atom. The van der Waals surface area contributed by atoms with Crippen molar-refractivity contribution in [3.8, 4) is 5.75 Å². The maximum absolute atomic E-state index is 12.2. The first kappa shape index (κ1) is 14.4. The molecule has 1 fully saturated rings. The quantitative estimate of drug-likeness (QED) is 0.879. The Morgan fingerprint density at radius 1 is 1.24 bits per heavy atom. The zero-order chi connectivity index (χ0) is 14.9. The van der Waals surface area contributed by atoms with Crippen LogP contribution in [0, 0.1) is 0 Å². The molecule has 2 aliphatic heterocycles. The summed E-state index contributed by atoms with van der Waals surface area (Å²) in [5, 5.41) is 6.56. The molecule has 0 radical (unpaired) electrons. The van der Waals surface area contributed by atoms with E-state index in [1.807, 2.05) is 18.2 Å². The van der Waals surface area contributed by atoms with E-state index < -0.39 is 0 Å². The third-order valence-electron chi connectivity index (χ3n) is 4.31. The molecule has 21 heavy (non-hydrogen) atoms. The highest BCUT2D eigenvalue weighted by atomic mass is 16.5. The van der Waals surface area contributed by atoms with Gasteiger partial charge in [0.25, 0.3) is 0 Å². The average Bonchev–Trinajstić information content (AvgIpc) is 2.63. The summed E-state index contributed by atoms with van der Waals surface area (Å²) < 4.78 is 6.05. The Labute approximate surface area is 126 Å². The minimum Gasteiger partial charge on any atom is -0.487 e. The summed E-state index contributed by atoms with van der Waals surface area (Å²) in [6.45, 7) is 5.00. The molecule has 0 spiro atoms. The lowest BCUT2D eigenvalue weighted by Crippen LogP contribution is -2.48. The molecule has 4 heteroatoms. The van der Waals surface area contributed by atoms with Gasteiger partial charge in [-0.25, -0.2) is 0 Å². The molecule has 1 aromatic carbocycles. The smallest absolute Gasteiger partial charge is 0.237 e. The molecule has 2 atom stereocenters. The SMILES string of the molecule is CC1(C)CC(NC2CCCCNC2=O)c2ccccc2O1. The van der Waals surface area contributed by atoms with Crippen LogP contribution >= 0.6 is 0 Å². The molecule has 0 bridgehead atoms. The normalized spacial score (nSPS) is 28.0. The maximum Gasteiger partial charge on any atom is 0.237 e. The molecule has 0 saturated carbocycles. The third kappa shape index (κ3) is 3.21. The lowest BCUT2D eigenvalue weighted by Gasteiger charge is -2.39. The van der Waals surface area contributed by atoms with Crippen LogP contribution in [-0.4, -0.2) is 24.1 Å². The second kappa shape index (κ2) is 5.68. The van der Waals surface area contributed by atoms with Gasteiger partial charge >= 0.3 is 0 Å². The number of nitrogens with one attached hydrogen (secondary N) is 2. The molecule has 2 N–H and O–H groups in total. The summed E-state index contributed by atoms with van der Waals surface area (Å²) in [6, 6.07) is 8.20. The van der Waals surface area contributed by atoms with Gasteiger partial charge in [-0.15, -0.1) is 0 Å². The van der Waals surface area contributed by atoms with Gasteiger partial charge in [-0.05, 0) is 39.2 Å². The van der Waals surface area contributed by atoms with E-state index in [0.29, 0.717) is 0 Å². The van der Waals surface area contributed by atoms with Crippen molar-refractivity contribution in [3.05, 3.63) is 29.8 Å². The highest BCUT2D eigenvalue weighted by Crippen LogP contribution is 2.39. The van der Waals surface area contributed by atoms with E-state index in [9.17, 15) is 4.79 Å². The van der Waals surface area contributed by atoms with E-state index in [-0.39, 0.29) is 23.6 Å². The van der Waals surface area contributed by atoms with E-state index in [0.717, 1.165) is 43.5 Å².